The van der Waals surface area contributed by atoms with Gasteiger partial charge in [-0.05, 0) is 31.4 Å². The zero-order valence-corrected chi connectivity index (χ0v) is 48.3. The van der Waals surface area contributed by atoms with Gasteiger partial charge in [-0.3, -0.25) is 14.4 Å². The van der Waals surface area contributed by atoms with Crippen molar-refractivity contribution >= 4 is 23.9 Å². The van der Waals surface area contributed by atoms with Gasteiger partial charge in [0.05, 0.1) is 5.56 Å². The van der Waals surface area contributed by atoms with Crippen molar-refractivity contribution in [3.05, 3.63) is 17.7 Å². The Hall–Kier alpha value is -2.98. The maximum atomic E-state index is 10.3. The summed E-state index contributed by atoms with van der Waals surface area (Å²) in [6.45, 7) is 6.81. The van der Waals surface area contributed by atoms with E-state index in [4.69, 9.17) is 35.7 Å². The second-order valence-corrected chi connectivity index (χ2v) is 20.4. The molecule has 1 aromatic carbocycles. The Balaban J connectivity index is -0.000000439. The second-order valence-electron chi connectivity index (χ2n) is 20.4. The molecule has 0 unspecified atom stereocenters. The molecule has 0 fully saturated rings. The molecule has 0 aromatic heterocycles. The van der Waals surface area contributed by atoms with Crippen molar-refractivity contribution < 1.29 is 72.0 Å². The van der Waals surface area contributed by atoms with Crippen molar-refractivity contribution in [2.45, 2.75) is 329 Å². The Kier molecular flexibility index (Phi) is 66.4. The molecule has 1 aromatic rings. The van der Waals surface area contributed by atoms with E-state index in [9.17, 15) is 19.2 Å². The molecular weight excluding hydrogens is 965 g/mol. The summed E-state index contributed by atoms with van der Waals surface area (Å²) in [5, 5.41) is 60.5. The Labute approximate surface area is 457 Å². The third-order valence-corrected chi connectivity index (χ3v) is 13.3. The third-order valence-electron chi connectivity index (χ3n) is 13.3. The number of carboxylic acid groups (broad SMARTS) is 4. The van der Waals surface area contributed by atoms with E-state index < -0.39 is 41.1 Å². The van der Waals surface area contributed by atoms with E-state index in [1.54, 1.807) is 0 Å². The van der Waals surface area contributed by atoms with Crippen LogP contribution in [0.2, 0.25) is 0 Å². The van der Waals surface area contributed by atoms with Crippen LogP contribution in [0.15, 0.2) is 12.1 Å². The van der Waals surface area contributed by atoms with Crippen LogP contribution in [-0.2, 0) is 31.5 Å². The van der Waals surface area contributed by atoms with Crippen LogP contribution in [0.1, 0.15) is 339 Å². The fourth-order valence-electron chi connectivity index (χ4n) is 8.67. The molecule has 0 saturated carbocycles. The monoisotopic (exact) mass is 1080 g/mol. The summed E-state index contributed by atoms with van der Waals surface area (Å²) < 4.78 is 0. The molecule has 12 heteroatoms. The molecule has 432 valence electrons. The van der Waals surface area contributed by atoms with Crippen molar-refractivity contribution in [2.75, 3.05) is 0 Å². The molecule has 0 aliphatic heterocycles. The molecule has 0 heterocycles. The number of hydrogen-bond acceptors (Lipinski definition) is 7. The molecule has 0 aliphatic rings. The molecular formula is C61H114FeO11. The standard InChI is InChI=1S/3C18H36O2.C7H6O5.Fe/c3*1-2-3-4-5-6-7-8-9-10-11-12-13-14-15-16-17-18(19)20;8-4-1-3(7(11)12)2-5(9)6(4)10;/h3*2-17H2,1H3,(H,19,20);1-2,8-10H,(H,11,12);. The first kappa shape index (κ1) is 76.5. The second kappa shape index (κ2) is 63.3. The Morgan fingerprint density at radius 1 is 0.288 bits per heavy atom. The van der Waals surface area contributed by atoms with E-state index in [2.05, 4.69) is 20.8 Å². The van der Waals surface area contributed by atoms with Gasteiger partial charge in [-0.15, -0.1) is 0 Å². The van der Waals surface area contributed by atoms with E-state index in [1.807, 2.05) is 0 Å². The minimum Gasteiger partial charge on any atom is -0.504 e. The first-order valence-corrected chi connectivity index (χ1v) is 30.0. The topological polar surface area (TPSA) is 210 Å². The van der Waals surface area contributed by atoms with Crippen molar-refractivity contribution in [1.82, 2.24) is 0 Å². The first-order valence-electron chi connectivity index (χ1n) is 30.0. The van der Waals surface area contributed by atoms with Crippen molar-refractivity contribution in [1.29, 1.82) is 0 Å². The molecule has 0 amide bonds. The van der Waals surface area contributed by atoms with Crippen LogP contribution in [-0.4, -0.2) is 59.6 Å². The largest absolute Gasteiger partial charge is 0.504 e. The van der Waals surface area contributed by atoms with Crippen LogP contribution >= 0.6 is 0 Å². The predicted molar refractivity (Wildman–Crippen MR) is 300 cm³/mol. The number of aromatic carboxylic acids is 1. The maximum absolute atomic E-state index is 10.3. The van der Waals surface area contributed by atoms with Crippen LogP contribution in [0.5, 0.6) is 17.2 Å². The summed E-state index contributed by atoms with van der Waals surface area (Å²) in [5.74, 6) is -5.29. The molecule has 7 N–H and O–H groups in total. The number of benzene rings is 1. The smallest absolute Gasteiger partial charge is 0.335 e. The number of rotatable bonds is 49. The fraction of sp³-hybridized carbons (Fsp3) is 0.836. The molecule has 0 spiro atoms. The van der Waals surface area contributed by atoms with Crippen LogP contribution in [0.25, 0.3) is 0 Å². The molecule has 0 aliphatic carbocycles. The summed E-state index contributed by atoms with van der Waals surface area (Å²) in [5.41, 5.74) is -0.289. The van der Waals surface area contributed by atoms with Crippen molar-refractivity contribution in [2.24, 2.45) is 0 Å². The Bertz CT molecular complexity index is 1210. The third kappa shape index (κ3) is 67.0. The van der Waals surface area contributed by atoms with Gasteiger partial charge in [0.2, 0.25) is 0 Å². The Morgan fingerprint density at radius 2 is 0.438 bits per heavy atom. The summed E-state index contributed by atoms with van der Waals surface area (Å²) in [6, 6.07) is 1.69. The van der Waals surface area contributed by atoms with Gasteiger partial charge in [-0.2, -0.15) is 0 Å². The minimum absolute atomic E-state index is 0. The number of carboxylic acids is 4. The number of phenols is 3. The minimum atomic E-state index is -1.29. The zero-order valence-electron chi connectivity index (χ0n) is 47.2. The SMILES string of the molecule is CCCCCCCCCCCCCCCCCC(=O)O.CCCCCCCCCCCCCCCCCC(=O)O.CCCCCCCCCCCCCCCCCC(=O)O.O=C(O)c1cc(O)c(O)c(O)c1.[Fe]. The van der Waals surface area contributed by atoms with Gasteiger partial charge in [-0.1, -0.05) is 290 Å². The van der Waals surface area contributed by atoms with E-state index >= 15 is 0 Å². The van der Waals surface area contributed by atoms with E-state index in [1.165, 1.54) is 250 Å². The fourth-order valence-corrected chi connectivity index (χ4v) is 8.67. The molecule has 73 heavy (non-hydrogen) atoms. The van der Waals surface area contributed by atoms with Crippen LogP contribution in [0, 0.1) is 0 Å². The summed E-state index contributed by atoms with van der Waals surface area (Å²) in [4.78, 5) is 41.3. The molecule has 0 bridgehead atoms. The number of aliphatic carboxylic acids is 3. The number of hydrogen-bond donors (Lipinski definition) is 7. The zero-order chi connectivity index (χ0) is 54.0. The van der Waals surface area contributed by atoms with Crippen molar-refractivity contribution in [3.63, 3.8) is 0 Å². The molecule has 1 rings (SSSR count). The number of aromatic hydroxyl groups is 3. The van der Waals surface area contributed by atoms with E-state index in [0.717, 1.165) is 50.7 Å². The van der Waals surface area contributed by atoms with Crippen LogP contribution < -0.4 is 0 Å². The maximum Gasteiger partial charge on any atom is 0.335 e. The van der Waals surface area contributed by atoms with E-state index in [-0.39, 0.29) is 22.6 Å². The van der Waals surface area contributed by atoms with Gasteiger partial charge in [-0.25, -0.2) is 4.79 Å². The molecule has 0 saturated heterocycles. The number of phenolic OH excluding ortho intramolecular Hbond substituents is 3. The van der Waals surface area contributed by atoms with Gasteiger partial charge in [0.25, 0.3) is 0 Å². The number of carbonyl (C=O) groups is 4. The first-order chi connectivity index (χ1) is 34.8. The average Bonchev–Trinajstić information content (AvgIpc) is 3.34. The Morgan fingerprint density at radius 3 is 0.575 bits per heavy atom. The van der Waals surface area contributed by atoms with Gasteiger partial charge in [0.15, 0.2) is 17.2 Å². The summed E-state index contributed by atoms with van der Waals surface area (Å²) in [7, 11) is 0. The van der Waals surface area contributed by atoms with E-state index in [0.29, 0.717) is 19.3 Å². The predicted octanol–water partition coefficient (Wildman–Crippen LogP) is 19.5. The summed E-state index contributed by atoms with van der Waals surface area (Å²) >= 11 is 0. The number of unbranched alkanes of at least 4 members (excludes halogenated alkanes) is 42. The summed E-state index contributed by atoms with van der Waals surface area (Å²) in [6.07, 6.45) is 60.6. The van der Waals surface area contributed by atoms with Crippen LogP contribution in [0.4, 0.5) is 0 Å². The molecule has 11 nitrogen and oxygen atoms in total. The molecule has 0 radical (unpaired) electrons. The van der Waals surface area contributed by atoms with Gasteiger partial charge in [0.1, 0.15) is 0 Å². The van der Waals surface area contributed by atoms with Gasteiger partial charge >= 0.3 is 23.9 Å². The normalized spacial score (nSPS) is 10.5. The van der Waals surface area contributed by atoms with Gasteiger partial charge < -0.3 is 35.7 Å². The quantitative estimate of drug-likeness (QED) is 0.0185. The van der Waals surface area contributed by atoms with Gasteiger partial charge in [0, 0.05) is 36.3 Å². The van der Waals surface area contributed by atoms with Crippen molar-refractivity contribution in [3.8, 4) is 17.2 Å². The average molecular weight is 1080 g/mol. The van der Waals surface area contributed by atoms with Crippen LogP contribution in [0.3, 0.4) is 0 Å². The molecule has 0 atom stereocenters.